The lowest BCUT2D eigenvalue weighted by Crippen LogP contribution is -2.27. The van der Waals surface area contributed by atoms with Crippen molar-refractivity contribution in [3.63, 3.8) is 0 Å². The average molecular weight is 234 g/mol. The number of anilines is 1. The molecule has 0 spiro atoms. The Morgan fingerprint density at radius 2 is 2.47 bits per heavy atom. The number of nitrogens with one attached hydrogen (secondary N) is 2. The summed E-state index contributed by atoms with van der Waals surface area (Å²) >= 11 is 0. The number of nitrogens with zero attached hydrogens (tertiary/aromatic N) is 2. The van der Waals surface area contributed by atoms with Crippen molar-refractivity contribution in [2.24, 2.45) is 0 Å². The third-order valence-electron chi connectivity index (χ3n) is 3.40. The number of hydrogen-bond donors (Lipinski definition) is 2. The molecule has 0 saturated carbocycles. The van der Waals surface area contributed by atoms with Crippen molar-refractivity contribution in [1.82, 2.24) is 15.3 Å². The van der Waals surface area contributed by atoms with Gasteiger partial charge < -0.3 is 15.4 Å². The summed E-state index contributed by atoms with van der Waals surface area (Å²) in [4.78, 5) is 8.67. The molecule has 1 unspecified atom stereocenters. The standard InChI is InChI=1S/C12H18N4O/c1-2-9(17-5-1)6-14-12-10-7-13-4-3-11(10)15-8-16-12/h8-9,13H,1-7H2,(H,14,15,16). The van der Waals surface area contributed by atoms with E-state index in [1.807, 2.05) is 0 Å². The molecule has 0 amide bonds. The molecule has 1 aromatic rings. The molecule has 0 aromatic carbocycles. The molecule has 2 N–H and O–H groups in total. The average Bonchev–Trinajstić information content (AvgIpc) is 2.89. The van der Waals surface area contributed by atoms with Gasteiger partial charge in [-0.2, -0.15) is 0 Å². The first-order valence-electron chi connectivity index (χ1n) is 6.32. The van der Waals surface area contributed by atoms with Gasteiger partial charge in [-0.25, -0.2) is 9.97 Å². The molecule has 0 radical (unpaired) electrons. The molecule has 2 aliphatic heterocycles. The van der Waals surface area contributed by atoms with Gasteiger partial charge in [0, 0.05) is 38.2 Å². The van der Waals surface area contributed by atoms with E-state index in [0.717, 1.165) is 44.9 Å². The molecule has 3 heterocycles. The van der Waals surface area contributed by atoms with E-state index in [-0.39, 0.29) is 0 Å². The molecule has 17 heavy (non-hydrogen) atoms. The zero-order valence-corrected chi connectivity index (χ0v) is 9.91. The van der Waals surface area contributed by atoms with Crippen LogP contribution in [0.5, 0.6) is 0 Å². The van der Waals surface area contributed by atoms with Crippen LogP contribution in [0.4, 0.5) is 5.82 Å². The van der Waals surface area contributed by atoms with Crippen molar-refractivity contribution < 1.29 is 4.74 Å². The SMILES string of the molecule is c1nc2c(c(NCC3CCCO3)n1)CNCC2. The quantitative estimate of drug-likeness (QED) is 0.806. The van der Waals surface area contributed by atoms with Crippen molar-refractivity contribution in [2.45, 2.75) is 31.9 Å². The first-order valence-corrected chi connectivity index (χ1v) is 6.32. The minimum absolute atomic E-state index is 0.345. The van der Waals surface area contributed by atoms with E-state index in [0.29, 0.717) is 6.10 Å². The Balaban J connectivity index is 1.69. The Kier molecular flexibility index (Phi) is 3.20. The predicted molar refractivity (Wildman–Crippen MR) is 64.9 cm³/mol. The smallest absolute Gasteiger partial charge is 0.134 e. The molecule has 2 aliphatic rings. The van der Waals surface area contributed by atoms with Crippen molar-refractivity contribution >= 4 is 5.82 Å². The van der Waals surface area contributed by atoms with Crippen LogP contribution in [0.2, 0.25) is 0 Å². The molecule has 1 aromatic heterocycles. The zero-order valence-electron chi connectivity index (χ0n) is 9.91. The molecule has 3 rings (SSSR count). The lowest BCUT2D eigenvalue weighted by atomic mass is 10.1. The fraction of sp³-hybridized carbons (Fsp3) is 0.667. The maximum Gasteiger partial charge on any atom is 0.134 e. The van der Waals surface area contributed by atoms with Crippen LogP contribution < -0.4 is 10.6 Å². The second kappa shape index (κ2) is 4.98. The normalized spacial score (nSPS) is 23.4. The summed E-state index contributed by atoms with van der Waals surface area (Å²) in [5.41, 5.74) is 2.39. The van der Waals surface area contributed by atoms with E-state index < -0.39 is 0 Å². The van der Waals surface area contributed by atoms with E-state index in [1.54, 1.807) is 6.33 Å². The summed E-state index contributed by atoms with van der Waals surface area (Å²) in [6, 6.07) is 0. The monoisotopic (exact) mass is 234 g/mol. The summed E-state index contributed by atoms with van der Waals surface area (Å²) in [5, 5.41) is 6.76. The van der Waals surface area contributed by atoms with Crippen LogP contribution in [0.3, 0.4) is 0 Å². The van der Waals surface area contributed by atoms with Crippen LogP contribution in [0, 0.1) is 0 Å². The molecule has 1 fully saturated rings. The molecule has 0 bridgehead atoms. The van der Waals surface area contributed by atoms with Gasteiger partial charge in [-0.15, -0.1) is 0 Å². The van der Waals surface area contributed by atoms with Crippen LogP contribution in [0.15, 0.2) is 6.33 Å². The van der Waals surface area contributed by atoms with E-state index in [9.17, 15) is 0 Å². The molecule has 0 aliphatic carbocycles. The Morgan fingerprint density at radius 1 is 1.47 bits per heavy atom. The van der Waals surface area contributed by atoms with Crippen LogP contribution in [-0.4, -0.2) is 35.8 Å². The van der Waals surface area contributed by atoms with Crippen LogP contribution in [0.25, 0.3) is 0 Å². The number of ether oxygens (including phenoxy) is 1. The van der Waals surface area contributed by atoms with E-state index in [2.05, 4.69) is 20.6 Å². The van der Waals surface area contributed by atoms with Gasteiger partial charge in [0.25, 0.3) is 0 Å². The van der Waals surface area contributed by atoms with Crippen LogP contribution >= 0.6 is 0 Å². The van der Waals surface area contributed by atoms with Crippen molar-refractivity contribution in [2.75, 3.05) is 25.0 Å². The highest BCUT2D eigenvalue weighted by molar-refractivity contribution is 5.46. The Hall–Kier alpha value is -1.20. The molecule has 1 saturated heterocycles. The Labute approximate surface area is 101 Å². The van der Waals surface area contributed by atoms with Crippen LogP contribution in [-0.2, 0) is 17.7 Å². The van der Waals surface area contributed by atoms with Gasteiger partial charge in [-0.05, 0) is 12.8 Å². The van der Waals surface area contributed by atoms with Crippen molar-refractivity contribution in [1.29, 1.82) is 0 Å². The van der Waals surface area contributed by atoms with Gasteiger partial charge in [-0.3, -0.25) is 0 Å². The summed E-state index contributed by atoms with van der Waals surface area (Å²) in [7, 11) is 0. The van der Waals surface area contributed by atoms with Gasteiger partial charge in [0.1, 0.15) is 12.1 Å². The summed E-state index contributed by atoms with van der Waals surface area (Å²) in [6.07, 6.45) is 5.32. The number of hydrogen-bond acceptors (Lipinski definition) is 5. The third-order valence-corrected chi connectivity index (χ3v) is 3.40. The summed E-state index contributed by atoms with van der Waals surface area (Å²) < 4.78 is 5.60. The molecular formula is C12H18N4O. The highest BCUT2D eigenvalue weighted by Gasteiger charge is 2.18. The van der Waals surface area contributed by atoms with Crippen molar-refractivity contribution in [3.05, 3.63) is 17.6 Å². The fourth-order valence-electron chi connectivity index (χ4n) is 2.44. The maximum absolute atomic E-state index is 5.60. The highest BCUT2D eigenvalue weighted by Crippen LogP contribution is 2.19. The topological polar surface area (TPSA) is 59.1 Å². The Morgan fingerprint density at radius 3 is 3.35 bits per heavy atom. The third kappa shape index (κ3) is 2.40. The largest absolute Gasteiger partial charge is 0.376 e. The van der Waals surface area contributed by atoms with Crippen LogP contribution in [0.1, 0.15) is 24.1 Å². The van der Waals surface area contributed by atoms with E-state index in [1.165, 1.54) is 17.7 Å². The second-order valence-electron chi connectivity index (χ2n) is 4.59. The number of aromatic nitrogens is 2. The minimum Gasteiger partial charge on any atom is -0.376 e. The van der Waals surface area contributed by atoms with Crippen molar-refractivity contribution in [3.8, 4) is 0 Å². The molecular weight excluding hydrogens is 216 g/mol. The summed E-state index contributed by atoms with van der Waals surface area (Å²) in [5.74, 6) is 0.970. The van der Waals surface area contributed by atoms with Gasteiger partial charge in [-0.1, -0.05) is 0 Å². The fourth-order valence-corrected chi connectivity index (χ4v) is 2.44. The molecule has 92 valence electrons. The molecule has 1 atom stereocenters. The first kappa shape index (κ1) is 10.9. The zero-order chi connectivity index (χ0) is 11.5. The number of fused-ring (bicyclic) bond motifs is 1. The Bertz CT molecular complexity index is 390. The maximum atomic E-state index is 5.60. The van der Waals surface area contributed by atoms with Gasteiger partial charge >= 0.3 is 0 Å². The first-order chi connectivity index (χ1) is 8.43. The lowest BCUT2D eigenvalue weighted by molar-refractivity contribution is 0.120. The molecule has 5 heteroatoms. The number of rotatable bonds is 3. The van der Waals surface area contributed by atoms with Gasteiger partial charge in [0.05, 0.1) is 11.8 Å². The van der Waals surface area contributed by atoms with Gasteiger partial charge in [0.2, 0.25) is 0 Å². The highest BCUT2D eigenvalue weighted by atomic mass is 16.5. The lowest BCUT2D eigenvalue weighted by Gasteiger charge is -2.20. The van der Waals surface area contributed by atoms with E-state index >= 15 is 0 Å². The second-order valence-corrected chi connectivity index (χ2v) is 4.59. The van der Waals surface area contributed by atoms with E-state index in [4.69, 9.17) is 4.74 Å². The minimum atomic E-state index is 0.345. The summed E-state index contributed by atoms with van der Waals surface area (Å²) in [6.45, 7) is 3.62. The predicted octanol–water partition coefficient (Wildman–Crippen LogP) is 0.713. The molecule has 5 nitrogen and oxygen atoms in total. The van der Waals surface area contributed by atoms with Gasteiger partial charge in [0.15, 0.2) is 0 Å².